The molecular weight excluding hydrogens is 284 g/mol. The minimum absolute atomic E-state index is 0.157. The van der Waals surface area contributed by atoms with Gasteiger partial charge in [0.25, 0.3) is 0 Å². The van der Waals surface area contributed by atoms with Gasteiger partial charge in [-0.1, -0.05) is 32.1 Å². The van der Waals surface area contributed by atoms with Gasteiger partial charge in [0.1, 0.15) is 0 Å². The minimum Gasteiger partial charge on any atom is -0.392 e. The van der Waals surface area contributed by atoms with E-state index in [4.69, 9.17) is 14.2 Å². The molecule has 0 aromatic carbocycles. The second kappa shape index (κ2) is 5.42. The van der Waals surface area contributed by atoms with Gasteiger partial charge in [-0.15, -0.1) is 0 Å². The van der Waals surface area contributed by atoms with E-state index in [2.05, 4.69) is 6.58 Å². The van der Waals surface area contributed by atoms with Crippen LogP contribution in [0.15, 0.2) is 23.8 Å². The summed E-state index contributed by atoms with van der Waals surface area (Å²) in [6.07, 6.45) is 0.154. The van der Waals surface area contributed by atoms with Crippen molar-refractivity contribution in [2.24, 2.45) is 23.2 Å². The van der Waals surface area contributed by atoms with Crippen molar-refractivity contribution < 1.29 is 24.4 Å². The lowest BCUT2D eigenvalue weighted by atomic mass is 9.50. The van der Waals surface area contributed by atoms with Gasteiger partial charge in [-0.3, -0.25) is 0 Å². The zero-order valence-corrected chi connectivity index (χ0v) is 13.7. The smallest absolute Gasteiger partial charge is 0.183 e. The predicted octanol–water partition coefficient (Wildman–Crippen LogP) is 1.46. The molecule has 0 spiro atoms. The Morgan fingerprint density at radius 1 is 1.27 bits per heavy atom. The molecule has 3 aliphatic rings. The van der Waals surface area contributed by atoms with Gasteiger partial charge in [-0.2, -0.15) is 0 Å². The van der Waals surface area contributed by atoms with Crippen LogP contribution in [0.3, 0.4) is 0 Å². The quantitative estimate of drug-likeness (QED) is 0.756. The van der Waals surface area contributed by atoms with Gasteiger partial charge in [0, 0.05) is 31.5 Å². The topological polar surface area (TPSA) is 68.2 Å². The first-order valence-corrected chi connectivity index (χ1v) is 7.83. The number of hydrogen-bond acceptors (Lipinski definition) is 5. The summed E-state index contributed by atoms with van der Waals surface area (Å²) in [5.41, 5.74) is 1.27. The molecule has 2 N–H and O–H groups in total. The second-order valence-corrected chi connectivity index (χ2v) is 7.01. The van der Waals surface area contributed by atoms with Gasteiger partial charge in [0.2, 0.25) is 0 Å². The molecule has 2 aliphatic carbocycles. The molecule has 5 heteroatoms. The first-order valence-electron chi connectivity index (χ1n) is 7.83. The van der Waals surface area contributed by atoms with E-state index in [1.165, 1.54) is 0 Å². The van der Waals surface area contributed by atoms with Crippen molar-refractivity contribution in [3.8, 4) is 0 Å². The Balaban J connectivity index is 2.12. The van der Waals surface area contributed by atoms with E-state index < -0.39 is 30.2 Å². The molecule has 1 aliphatic heterocycles. The lowest BCUT2D eigenvalue weighted by Gasteiger charge is -2.55. The van der Waals surface area contributed by atoms with Gasteiger partial charge in [-0.25, -0.2) is 0 Å². The van der Waals surface area contributed by atoms with E-state index in [9.17, 15) is 10.2 Å². The molecule has 2 fully saturated rings. The standard InChI is InChI=1S/C17H26O5/c1-8-6-12(19)17(3)13(9(8)2)11(18)7-10-14(17)16(21-5)22-15(10)20-4/h7-8,11-16,18-19H,2,6H2,1,3-5H3. The maximum absolute atomic E-state index is 10.9. The van der Waals surface area contributed by atoms with Crippen molar-refractivity contribution in [3.63, 3.8) is 0 Å². The molecule has 0 radical (unpaired) electrons. The van der Waals surface area contributed by atoms with Crippen LogP contribution in [0.4, 0.5) is 0 Å². The molecule has 22 heavy (non-hydrogen) atoms. The summed E-state index contributed by atoms with van der Waals surface area (Å²) in [7, 11) is 3.16. The van der Waals surface area contributed by atoms with E-state index in [0.29, 0.717) is 6.42 Å². The predicted molar refractivity (Wildman–Crippen MR) is 80.8 cm³/mol. The summed E-state index contributed by atoms with van der Waals surface area (Å²) < 4.78 is 16.7. The summed E-state index contributed by atoms with van der Waals surface area (Å²) in [5, 5.41) is 21.6. The minimum atomic E-state index is -0.696. The van der Waals surface area contributed by atoms with Gasteiger partial charge in [-0.05, 0) is 17.9 Å². The Bertz CT molecular complexity index is 501. The van der Waals surface area contributed by atoms with E-state index in [-0.39, 0.29) is 17.8 Å². The summed E-state index contributed by atoms with van der Waals surface area (Å²) in [5.74, 6) is -0.189. The highest BCUT2D eigenvalue weighted by molar-refractivity contribution is 5.33. The maximum atomic E-state index is 10.9. The van der Waals surface area contributed by atoms with Crippen LogP contribution in [0.2, 0.25) is 0 Å². The number of aliphatic hydroxyl groups excluding tert-OH is 2. The van der Waals surface area contributed by atoms with Crippen molar-refractivity contribution in [2.45, 2.75) is 45.1 Å². The van der Waals surface area contributed by atoms with E-state index in [0.717, 1.165) is 11.1 Å². The van der Waals surface area contributed by atoms with Crippen molar-refractivity contribution in [1.29, 1.82) is 0 Å². The molecule has 0 amide bonds. The average Bonchev–Trinajstić information content (AvgIpc) is 2.83. The fraction of sp³-hybridized carbons (Fsp3) is 0.765. The first-order chi connectivity index (χ1) is 10.4. The highest BCUT2D eigenvalue weighted by atomic mass is 16.8. The molecule has 0 bridgehead atoms. The molecule has 0 aromatic rings. The number of ether oxygens (including phenoxy) is 3. The fourth-order valence-corrected chi connectivity index (χ4v) is 4.74. The zero-order chi connectivity index (χ0) is 16.2. The normalized spacial score (nSPS) is 51.3. The Morgan fingerprint density at radius 3 is 2.55 bits per heavy atom. The lowest BCUT2D eigenvalue weighted by molar-refractivity contribution is -0.212. The van der Waals surface area contributed by atoms with E-state index in [1.54, 1.807) is 20.3 Å². The highest BCUT2D eigenvalue weighted by Gasteiger charge is 2.62. The van der Waals surface area contributed by atoms with Gasteiger partial charge < -0.3 is 24.4 Å². The van der Waals surface area contributed by atoms with Crippen molar-refractivity contribution in [2.75, 3.05) is 14.2 Å². The Hall–Kier alpha value is -0.720. The summed E-state index contributed by atoms with van der Waals surface area (Å²) in [4.78, 5) is 0. The fourth-order valence-electron chi connectivity index (χ4n) is 4.74. The molecule has 5 nitrogen and oxygen atoms in total. The Morgan fingerprint density at radius 2 is 1.95 bits per heavy atom. The van der Waals surface area contributed by atoms with Crippen LogP contribution in [0.1, 0.15) is 20.3 Å². The van der Waals surface area contributed by atoms with Gasteiger partial charge in [0.15, 0.2) is 12.6 Å². The van der Waals surface area contributed by atoms with Crippen LogP contribution in [0.25, 0.3) is 0 Å². The van der Waals surface area contributed by atoms with Gasteiger partial charge >= 0.3 is 0 Å². The van der Waals surface area contributed by atoms with E-state index >= 15 is 0 Å². The molecular formula is C17H26O5. The monoisotopic (exact) mass is 310 g/mol. The zero-order valence-electron chi connectivity index (χ0n) is 13.7. The third-order valence-corrected chi connectivity index (χ3v) is 5.98. The van der Waals surface area contributed by atoms with Crippen LogP contribution in [0.5, 0.6) is 0 Å². The number of methoxy groups -OCH3 is 2. The molecule has 1 saturated carbocycles. The third kappa shape index (κ3) is 1.96. The van der Waals surface area contributed by atoms with Crippen molar-refractivity contribution >= 4 is 0 Å². The molecule has 1 heterocycles. The largest absolute Gasteiger partial charge is 0.392 e. The van der Waals surface area contributed by atoms with Crippen molar-refractivity contribution in [1.82, 2.24) is 0 Å². The number of hydrogen-bond donors (Lipinski definition) is 2. The summed E-state index contributed by atoms with van der Waals surface area (Å²) in [6, 6.07) is 0. The molecule has 124 valence electrons. The first kappa shape index (κ1) is 16.1. The maximum Gasteiger partial charge on any atom is 0.183 e. The SMILES string of the molecule is C=C1C(C)CC(O)C2(C)C1C(O)C=C1C(OC)OC(OC)C12. The summed E-state index contributed by atoms with van der Waals surface area (Å²) in [6.45, 7) is 8.26. The van der Waals surface area contributed by atoms with Crippen LogP contribution in [0, 0.1) is 23.2 Å². The van der Waals surface area contributed by atoms with Crippen LogP contribution in [-0.2, 0) is 14.2 Å². The molecule has 8 atom stereocenters. The molecule has 8 unspecified atom stereocenters. The lowest BCUT2D eigenvalue weighted by Crippen LogP contribution is -2.58. The number of fused-ring (bicyclic) bond motifs is 3. The van der Waals surface area contributed by atoms with Crippen LogP contribution >= 0.6 is 0 Å². The number of aliphatic hydroxyl groups is 2. The third-order valence-electron chi connectivity index (χ3n) is 5.98. The molecule has 0 aromatic heterocycles. The summed E-state index contributed by atoms with van der Waals surface area (Å²) >= 11 is 0. The highest BCUT2D eigenvalue weighted by Crippen LogP contribution is 2.60. The number of rotatable bonds is 2. The van der Waals surface area contributed by atoms with Crippen molar-refractivity contribution in [3.05, 3.63) is 23.8 Å². The van der Waals surface area contributed by atoms with Gasteiger partial charge in [0.05, 0.1) is 12.2 Å². The second-order valence-electron chi connectivity index (χ2n) is 7.01. The Labute approximate surface area is 131 Å². The Kier molecular flexibility index (Phi) is 3.98. The van der Waals surface area contributed by atoms with E-state index in [1.807, 2.05) is 13.8 Å². The average molecular weight is 310 g/mol. The van der Waals surface area contributed by atoms with Crippen LogP contribution in [-0.4, -0.2) is 49.2 Å². The molecule has 3 rings (SSSR count). The van der Waals surface area contributed by atoms with Crippen LogP contribution < -0.4 is 0 Å². The molecule has 1 saturated heterocycles.